The lowest BCUT2D eigenvalue weighted by atomic mass is 9.90. The molecule has 0 aliphatic heterocycles. The molecule has 0 aromatic rings. The minimum absolute atomic E-state index is 0.317. The average Bonchev–Trinajstić information content (AvgIpc) is 2.17. The molecule has 1 N–H and O–H groups in total. The third-order valence-corrected chi connectivity index (χ3v) is 2.59. The first kappa shape index (κ1) is 14.5. The first-order chi connectivity index (χ1) is 8.26. The maximum Gasteiger partial charge on any atom is 0.331 e. The summed E-state index contributed by atoms with van der Waals surface area (Å²) in [5.41, 5.74) is 1.49. The van der Waals surface area contributed by atoms with Gasteiger partial charge in [0.25, 0.3) is 0 Å². The van der Waals surface area contributed by atoms with Crippen molar-refractivity contribution in [3.05, 3.63) is 23.3 Å². The molecule has 100 valence electrons. The van der Waals surface area contributed by atoms with E-state index in [4.69, 9.17) is 9.84 Å². The minimum Gasteiger partial charge on any atom is -0.478 e. The number of ether oxygens (including phenoxy) is 1. The van der Waals surface area contributed by atoms with Crippen LogP contribution in [0.5, 0.6) is 0 Å². The molecule has 0 bridgehead atoms. The molecule has 0 spiro atoms. The average molecular weight is 252 g/mol. The third kappa shape index (κ3) is 5.66. The highest BCUT2D eigenvalue weighted by Crippen LogP contribution is 2.27. The summed E-state index contributed by atoms with van der Waals surface area (Å²) in [6.45, 7) is 5.49. The van der Waals surface area contributed by atoms with Crippen molar-refractivity contribution in [2.45, 2.75) is 52.1 Å². The molecule has 1 aliphatic rings. The summed E-state index contributed by atoms with van der Waals surface area (Å²) in [7, 11) is 0. The Hall–Kier alpha value is -1.58. The smallest absolute Gasteiger partial charge is 0.331 e. The molecule has 1 aliphatic carbocycles. The van der Waals surface area contributed by atoms with Crippen LogP contribution in [0.3, 0.4) is 0 Å². The van der Waals surface area contributed by atoms with E-state index in [0.717, 1.165) is 24.0 Å². The van der Waals surface area contributed by atoms with Crippen LogP contribution in [0.15, 0.2) is 23.3 Å². The number of aliphatic carboxylic acids is 1. The predicted octanol–water partition coefficient (Wildman–Crippen LogP) is 2.84. The van der Waals surface area contributed by atoms with Gasteiger partial charge in [-0.15, -0.1) is 0 Å². The first-order valence-corrected chi connectivity index (χ1v) is 6.11. The Morgan fingerprint density at radius 2 is 1.50 bits per heavy atom. The Kier molecular flexibility index (Phi) is 4.70. The van der Waals surface area contributed by atoms with Crippen LogP contribution in [0.4, 0.5) is 0 Å². The Labute approximate surface area is 107 Å². The first-order valence-electron chi connectivity index (χ1n) is 6.11. The summed E-state index contributed by atoms with van der Waals surface area (Å²) >= 11 is 0. The predicted molar refractivity (Wildman–Crippen MR) is 68.1 cm³/mol. The van der Waals surface area contributed by atoms with Gasteiger partial charge in [-0.3, -0.25) is 0 Å². The Balaban J connectivity index is 2.52. The van der Waals surface area contributed by atoms with E-state index in [1.54, 1.807) is 6.08 Å². The van der Waals surface area contributed by atoms with Crippen LogP contribution < -0.4 is 0 Å². The van der Waals surface area contributed by atoms with Crippen molar-refractivity contribution in [1.29, 1.82) is 0 Å². The topological polar surface area (TPSA) is 63.6 Å². The van der Waals surface area contributed by atoms with E-state index in [1.165, 1.54) is 6.08 Å². The zero-order chi connectivity index (χ0) is 13.8. The Morgan fingerprint density at radius 1 is 1.06 bits per heavy atom. The van der Waals surface area contributed by atoms with Gasteiger partial charge in [-0.1, -0.05) is 11.1 Å². The lowest BCUT2D eigenvalue weighted by Gasteiger charge is -2.20. The number of hydrogen-bond donors (Lipinski definition) is 1. The molecule has 18 heavy (non-hydrogen) atoms. The molecule has 0 unspecified atom stereocenters. The van der Waals surface area contributed by atoms with Crippen LogP contribution in [0, 0.1) is 0 Å². The van der Waals surface area contributed by atoms with Crippen molar-refractivity contribution in [3.8, 4) is 0 Å². The SMILES string of the molecule is CC(C)(C)OC(=O)C=C1CCC(=CC(=O)O)CC1. The summed E-state index contributed by atoms with van der Waals surface area (Å²) in [5, 5.41) is 8.64. The fraction of sp³-hybridized carbons (Fsp3) is 0.571. The van der Waals surface area contributed by atoms with E-state index in [0.29, 0.717) is 12.8 Å². The monoisotopic (exact) mass is 252 g/mol. The largest absolute Gasteiger partial charge is 0.478 e. The van der Waals surface area contributed by atoms with E-state index >= 15 is 0 Å². The zero-order valence-corrected chi connectivity index (χ0v) is 11.2. The van der Waals surface area contributed by atoms with E-state index in [-0.39, 0.29) is 5.97 Å². The lowest BCUT2D eigenvalue weighted by molar-refractivity contribution is -0.148. The molecular weight excluding hydrogens is 232 g/mol. The van der Waals surface area contributed by atoms with Crippen molar-refractivity contribution in [2.24, 2.45) is 0 Å². The highest BCUT2D eigenvalue weighted by molar-refractivity contribution is 5.83. The van der Waals surface area contributed by atoms with E-state index in [1.807, 2.05) is 20.8 Å². The molecule has 0 radical (unpaired) electrons. The van der Waals surface area contributed by atoms with Crippen LogP contribution >= 0.6 is 0 Å². The van der Waals surface area contributed by atoms with Crippen LogP contribution in [0.1, 0.15) is 46.5 Å². The van der Waals surface area contributed by atoms with Gasteiger partial charge in [0.05, 0.1) is 0 Å². The molecular formula is C14H20O4. The van der Waals surface area contributed by atoms with Gasteiger partial charge in [0.1, 0.15) is 5.60 Å². The second kappa shape index (κ2) is 5.85. The summed E-state index contributed by atoms with van der Waals surface area (Å²) in [6.07, 6.45) is 5.70. The number of hydrogen-bond acceptors (Lipinski definition) is 3. The fourth-order valence-corrected chi connectivity index (χ4v) is 1.85. The maximum atomic E-state index is 11.6. The normalized spacial score (nSPS) is 16.2. The van der Waals surface area contributed by atoms with Crippen molar-refractivity contribution >= 4 is 11.9 Å². The number of carbonyl (C=O) groups excluding carboxylic acids is 1. The van der Waals surface area contributed by atoms with Gasteiger partial charge in [-0.2, -0.15) is 0 Å². The van der Waals surface area contributed by atoms with Gasteiger partial charge in [0.15, 0.2) is 0 Å². The molecule has 0 aromatic carbocycles. The Bertz CT molecular complexity index is 385. The molecule has 0 atom stereocenters. The van der Waals surface area contributed by atoms with E-state index < -0.39 is 11.6 Å². The number of rotatable bonds is 2. The third-order valence-electron chi connectivity index (χ3n) is 2.59. The van der Waals surface area contributed by atoms with Gasteiger partial charge in [-0.25, -0.2) is 9.59 Å². The number of carbonyl (C=O) groups is 2. The van der Waals surface area contributed by atoms with Gasteiger partial charge >= 0.3 is 11.9 Å². The zero-order valence-electron chi connectivity index (χ0n) is 11.2. The molecule has 0 heterocycles. The number of carboxylic acid groups (broad SMARTS) is 1. The Morgan fingerprint density at radius 3 is 1.89 bits per heavy atom. The van der Waals surface area contributed by atoms with Crippen molar-refractivity contribution in [2.75, 3.05) is 0 Å². The highest BCUT2D eigenvalue weighted by atomic mass is 16.6. The number of allylic oxidation sites excluding steroid dienone is 2. The van der Waals surface area contributed by atoms with Gasteiger partial charge < -0.3 is 9.84 Å². The van der Waals surface area contributed by atoms with E-state index in [2.05, 4.69) is 0 Å². The molecule has 4 nitrogen and oxygen atoms in total. The molecule has 1 rings (SSSR count). The van der Waals surface area contributed by atoms with Crippen LogP contribution in [0.2, 0.25) is 0 Å². The number of carboxylic acids is 1. The second-order valence-corrected chi connectivity index (χ2v) is 5.48. The van der Waals surface area contributed by atoms with Gasteiger partial charge in [0, 0.05) is 12.2 Å². The fourth-order valence-electron chi connectivity index (χ4n) is 1.85. The second-order valence-electron chi connectivity index (χ2n) is 5.48. The number of esters is 1. The standard InChI is InChI=1S/C14H20O4/c1-14(2,3)18-13(17)9-11-6-4-10(5-7-11)8-12(15)16/h8-9H,4-7H2,1-3H3,(H,15,16). The van der Waals surface area contributed by atoms with Crippen molar-refractivity contribution in [1.82, 2.24) is 0 Å². The van der Waals surface area contributed by atoms with Crippen molar-refractivity contribution < 1.29 is 19.4 Å². The molecule has 1 fully saturated rings. The molecule has 0 amide bonds. The lowest BCUT2D eigenvalue weighted by Crippen LogP contribution is -2.23. The van der Waals surface area contributed by atoms with Gasteiger partial charge in [-0.05, 0) is 46.5 Å². The van der Waals surface area contributed by atoms with Crippen LogP contribution in [-0.2, 0) is 14.3 Å². The summed E-state index contributed by atoms with van der Waals surface area (Å²) in [5.74, 6) is -1.22. The van der Waals surface area contributed by atoms with Crippen molar-refractivity contribution in [3.63, 3.8) is 0 Å². The maximum absolute atomic E-state index is 11.6. The van der Waals surface area contributed by atoms with E-state index in [9.17, 15) is 9.59 Å². The summed E-state index contributed by atoms with van der Waals surface area (Å²) in [6, 6.07) is 0. The molecule has 1 saturated carbocycles. The summed E-state index contributed by atoms with van der Waals surface area (Å²) in [4.78, 5) is 22.1. The highest BCUT2D eigenvalue weighted by Gasteiger charge is 2.17. The van der Waals surface area contributed by atoms with Crippen LogP contribution in [-0.4, -0.2) is 22.6 Å². The molecule has 0 aromatic heterocycles. The molecule has 4 heteroatoms. The quantitative estimate of drug-likeness (QED) is 0.606. The summed E-state index contributed by atoms with van der Waals surface area (Å²) < 4.78 is 5.21. The minimum atomic E-state index is -0.899. The molecule has 0 saturated heterocycles. The van der Waals surface area contributed by atoms with Gasteiger partial charge in [0.2, 0.25) is 0 Å². The van der Waals surface area contributed by atoms with Crippen LogP contribution in [0.25, 0.3) is 0 Å².